The number of oxime groups is 1. The zero-order valence-electron chi connectivity index (χ0n) is 15.5. The van der Waals surface area contributed by atoms with Crippen molar-refractivity contribution in [2.24, 2.45) is 5.16 Å². The van der Waals surface area contributed by atoms with Gasteiger partial charge in [-0.25, -0.2) is 0 Å². The van der Waals surface area contributed by atoms with Gasteiger partial charge in [-0.05, 0) is 55.3 Å². The van der Waals surface area contributed by atoms with Gasteiger partial charge in [0.1, 0.15) is 0 Å². The zero-order valence-corrected chi connectivity index (χ0v) is 17.0. The van der Waals surface area contributed by atoms with Crippen LogP contribution in [0.25, 0.3) is 0 Å². The number of halogens is 5. The largest absolute Gasteiger partial charge is 0.435 e. The van der Waals surface area contributed by atoms with Crippen LogP contribution >= 0.6 is 23.2 Å². The van der Waals surface area contributed by atoms with E-state index < -0.39 is 18.2 Å². The SMILES string of the molecule is CCNC(=O)c1ccc(C2=NO[C@](c3cc(Cl)cc(Cl)c3)(C(F)(F)F)C2)cc1C. The fraction of sp³-hybridized carbons (Fsp3) is 0.300. The number of carbonyl (C=O) groups excluding carboxylic acids is 1. The van der Waals surface area contributed by atoms with E-state index in [4.69, 9.17) is 28.0 Å². The second kappa shape index (κ2) is 7.88. The zero-order chi connectivity index (χ0) is 21.4. The first-order chi connectivity index (χ1) is 13.6. The van der Waals surface area contributed by atoms with Crippen LogP contribution in [0.15, 0.2) is 41.6 Å². The molecule has 9 heteroatoms. The van der Waals surface area contributed by atoms with Gasteiger partial charge in [-0.3, -0.25) is 4.79 Å². The van der Waals surface area contributed by atoms with Gasteiger partial charge in [-0.2, -0.15) is 13.2 Å². The Bertz CT molecular complexity index is 972. The lowest BCUT2D eigenvalue weighted by atomic mass is 9.86. The molecule has 2 aromatic rings. The topological polar surface area (TPSA) is 50.7 Å². The van der Waals surface area contributed by atoms with E-state index >= 15 is 0 Å². The van der Waals surface area contributed by atoms with Crippen LogP contribution in [0.3, 0.4) is 0 Å². The number of nitrogens with zero attached hydrogens (tertiary/aromatic N) is 1. The monoisotopic (exact) mass is 444 g/mol. The summed E-state index contributed by atoms with van der Waals surface area (Å²) in [5, 5.41) is 6.54. The number of hydrogen-bond donors (Lipinski definition) is 1. The molecule has 29 heavy (non-hydrogen) atoms. The third-order valence-corrected chi connectivity index (χ3v) is 5.09. The smallest absolute Gasteiger partial charge is 0.374 e. The summed E-state index contributed by atoms with van der Waals surface area (Å²) in [5.41, 5.74) is -1.30. The molecule has 0 aromatic heterocycles. The lowest BCUT2D eigenvalue weighted by molar-refractivity contribution is -0.275. The molecule has 1 atom stereocenters. The van der Waals surface area contributed by atoms with Gasteiger partial charge in [0.15, 0.2) is 0 Å². The Morgan fingerprint density at radius 3 is 2.41 bits per heavy atom. The van der Waals surface area contributed by atoms with Gasteiger partial charge in [-0.15, -0.1) is 0 Å². The summed E-state index contributed by atoms with van der Waals surface area (Å²) in [6.07, 6.45) is -5.31. The molecule has 1 amide bonds. The second-order valence-electron chi connectivity index (χ2n) is 6.68. The van der Waals surface area contributed by atoms with Gasteiger partial charge in [0, 0.05) is 34.1 Å². The molecule has 0 spiro atoms. The molecule has 0 fully saturated rings. The molecule has 0 unspecified atom stereocenters. The van der Waals surface area contributed by atoms with Crippen molar-refractivity contribution in [1.29, 1.82) is 0 Å². The number of amides is 1. The predicted octanol–water partition coefficient (Wildman–Crippen LogP) is 5.63. The summed E-state index contributed by atoms with van der Waals surface area (Å²) in [7, 11) is 0. The van der Waals surface area contributed by atoms with Crippen LogP contribution in [-0.2, 0) is 10.4 Å². The van der Waals surface area contributed by atoms with Crippen molar-refractivity contribution >= 4 is 34.8 Å². The number of benzene rings is 2. The summed E-state index contributed by atoms with van der Waals surface area (Å²) < 4.78 is 42.2. The standard InChI is InChI=1S/C20H17Cl2F3N2O2/c1-3-26-18(28)16-5-4-12(6-11(16)2)17-10-19(29-27-17,20(23,24)25)13-7-14(21)9-15(22)8-13/h4-9H,3,10H2,1-2H3,(H,26,28)/t19-/m1/s1. The number of aryl methyl sites for hydroxylation is 1. The molecular formula is C20H17Cl2F3N2O2. The van der Waals surface area contributed by atoms with Crippen molar-refractivity contribution in [2.45, 2.75) is 32.0 Å². The van der Waals surface area contributed by atoms with E-state index in [1.165, 1.54) is 18.2 Å². The van der Waals surface area contributed by atoms with Crippen molar-refractivity contribution < 1.29 is 22.8 Å². The van der Waals surface area contributed by atoms with Gasteiger partial charge in [0.25, 0.3) is 11.5 Å². The lowest BCUT2D eigenvalue weighted by Crippen LogP contribution is -2.42. The van der Waals surface area contributed by atoms with Gasteiger partial charge >= 0.3 is 6.18 Å². The van der Waals surface area contributed by atoms with Crippen LogP contribution in [0.4, 0.5) is 13.2 Å². The van der Waals surface area contributed by atoms with Crippen molar-refractivity contribution in [2.75, 3.05) is 6.54 Å². The predicted molar refractivity (Wildman–Crippen MR) is 106 cm³/mol. The van der Waals surface area contributed by atoms with E-state index in [9.17, 15) is 18.0 Å². The van der Waals surface area contributed by atoms with E-state index in [1.54, 1.807) is 32.0 Å². The summed E-state index contributed by atoms with van der Waals surface area (Å²) in [6, 6.07) is 8.41. The average molecular weight is 445 g/mol. The van der Waals surface area contributed by atoms with Crippen LogP contribution in [-0.4, -0.2) is 24.3 Å². The highest BCUT2D eigenvalue weighted by Crippen LogP contribution is 2.49. The van der Waals surface area contributed by atoms with Gasteiger partial charge < -0.3 is 10.2 Å². The first-order valence-corrected chi connectivity index (χ1v) is 9.50. The van der Waals surface area contributed by atoms with Gasteiger partial charge in [0.2, 0.25) is 0 Å². The highest BCUT2D eigenvalue weighted by Gasteiger charge is 2.62. The van der Waals surface area contributed by atoms with E-state index in [2.05, 4.69) is 10.5 Å². The molecule has 0 saturated carbocycles. The second-order valence-corrected chi connectivity index (χ2v) is 7.55. The summed E-state index contributed by atoms with van der Waals surface area (Å²) >= 11 is 11.8. The number of hydrogen-bond acceptors (Lipinski definition) is 3. The molecule has 0 bridgehead atoms. The minimum absolute atomic E-state index is 0.0651. The Morgan fingerprint density at radius 2 is 1.86 bits per heavy atom. The molecule has 1 aliphatic rings. The Balaban J connectivity index is 1.97. The highest BCUT2D eigenvalue weighted by atomic mass is 35.5. The van der Waals surface area contributed by atoms with Crippen LogP contribution < -0.4 is 5.32 Å². The Labute approximate surface area is 175 Å². The molecule has 0 radical (unpaired) electrons. The third-order valence-electron chi connectivity index (χ3n) is 4.66. The van der Waals surface area contributed by atoms with Crippen LogP contribution in [0.2, 0.25) is 10.0 Å². The molecule has 1 heterocycles. The fourth-order valence-corrected chi connectivity index (χ4v) is 3.73. The molecule has 3 rings (SSSR count). The fourth-order valence-electron chi connectivity index (χ4n) is 3.20. The molecular weight excluding hydrogens is 428 g/mol. The first-order valence-electron chi connectivity index (χ1n) is 8.75. The molecule has 154 valence electrons. The third kappa shape index (κ3) is 4.07. The summed E-state index contributed by atoms with van der Waals surface area (Å²) in [5.74, 6) is -0.251. The Hall–Kier alpha value is -2.25. The molecule has 4 nitrogen and oxygen atoms in total. The normalized spacial score (nSPS) is 18.9. The molecule has 1 N–H and O–H groups in total. The van der Waals surface area contributed by atoms with E-state index in [0.717, 1.165) is 0 Å². The van der Waals surface area contributed by atoms with E-state index in [1.807, 2.05) is 0 Å². The average Bonchev–Trinajstić information content (AvgIpc) is 3.07. The highest BCUT2D eigenvalue weighted by molar-refractivity contribution is 6.34. The maximum Gasteiger partial charge on any atom is 0.435 e. The van der Waals surface area contributed by atoms with Crippen LogP contribution in [0.5, 0.6) is 0 Å². The number of rotatable bonds is 4. The lowest BCUT2D eigenvalue weighted by Gasteiger charge is -2.29. The van der Waals surface area contributed by atoms with Crippen molar-refractivity contribution in [1.82, 2.24) is 5.32 Å². The minimum atomic E-state index is -4.76. The van der Waals surface area contributed by atoms with Crippen molar-refractivity contribution in [3.05, 3.63) is 68.7 Å². The Morgan fingerprint density at radius 1 is 1.21 bits per heavy atom. The quantitative estimate of drug-likeness (QED) is 0.663. The summed E-state index contributed by atoms with van der Waals surface area (Å²) in [4.78, 5) is 17.0. The number of carbonyl (C=O) groups is 1. The van der Waals surface area contributed by atoms with Gasteiger partial charge in [0.05, 0.1) is 5.71 Å². The van der Waals surface area contributed by atoms with E-state index in [0.29, 0.717) is 23.2 Å². The van der Waals surface area contributed by atoms with Crippen molar-refractivity contribution in [3.63, 3.8) is 0 Å². The van der Waals surface area contributed by atoms with Crippen LogP contribution in [0, 0.1) is 6.92 Å². The molecule has 2 aromatic carbocycles. The Kier molecular flexibility index (Phi) is 5.83. The molecule has 1 aliphatic heterocycles. The molecule has 0 aliphatic carbocycles. The number of alkyl halides is 3. The number of nitrogens with one attached hydrogen (secondary N) is 1. The maximum absolute atomic E-state index is 14.1. The minimum Gasteiger partial charge on any atom is -0.374 e. The first kappa shape index (κ1) is 21.5. The van der Waals surface area contributed by atoms with E-state index in [-0.39, 0.29) is 27.2 Å². The van der Waals surface area contributed by atoms with Crippen LogP contribution in [0.1, 0.15) is 40.4 Å². The maximum atomic E-state index is 14.1. The summed E-state index contributed by atoms with van der Waals surface area (Å²) in [6.45, 7) is 3.97. The molecule has 0 saturated heterocycles. The van der Waals surface area contributed by atoms with Crippen molar-refractivity contribution in [3.8, 4) is 0 Å². The van der Waals surface area contributed by atoms with Gasteiger partial charge in [-0.1, -0.05) is 34.4 Å².